The molecule has 1 N–H and O–H groups in total. The van der Waals surface area contributed by atoms with Gasteiger partial charge in [-0.05, 0) is 36.2 Å². The van der Waals surface area contributed by atoms with Crippen molar-refractivity contribution in [3.63, 3.8) is 0 Å². The van der Waals surface area contributed by atoms with Crippen LogP contribution >= 0.6 is 0 Å². The van der Waals surface area contributed by atoms with Crippen LogP contribution < -0.4 is 15.0 Å². The minimum absolute atomic E-state index is 0.219. The molecule has 2 aromatic carbocycles. The maximum Gasteiger partial charge on any atom is 0.287 e. The van der Waals surface area contributed by atoms with Crippen LogP contribution in [0.25, 0.3) is 11.0 Å². The second kappa shape index (κ2) is 7.30. The number of carbonyl (C=O) groups excluding carboxylic acids is 1. The van der Waals surface area contributed by atoms with Crippen LogP contribution in [0.15, 0.2) is 52.9 Å². The highest BCUT2D eigenvalue weighted by atomic mass is 16.5. The SMILES string of the molecule is COc1cccc2cc(C(=O)NCCc3ccc(N(C)C)cc3)oc12. The Hall–Kier alpha value is -2.95. The number of ether oxygens (including phenoxy) is 1. The molecule has 0 bridgehead atoms. The van der Waals surface area contributed by atoms with Gasteiger partial charge in [0.2, 0.25) is 0 Å². The number of para-hydroxylation sites is 1. The maximum atomic E-state index is 12.3. The molecule has 25 heavy (non-hydrogen) atoms. The summed E-state index contributed by atoms with van der Waals surface area (Å²) < 4.78 is 10.9. The zero-order chi connectivity index (χ0) is 17.8. The number of hydrogen-bond donors (Lipinski definition) is 1. The first kappa shape index (κ1) is 16.9. The summed E-state index contributed by atoms with van der Waals surface area (Å²) in [5.74, 6) is 0.697. The Kier molecular flexibility index (Phi) is 4.93. The number of nitrogens with one attached hydrogen (secondary N) is 1. The summed E-state index contributed by atoms with van der Waals surface area (Å²) in [7, 11) is 5.60. The van der Waals surface area contributed by atoms with Crippen molar-refractivity contribution in [3.8, 4) is 5.75 Å². The molecule has 1 amide bonds. The van der Waals surface area contributed by atoms with E-state index in [9.17, 15) is 4.79 Å². The molecule has 3 rings (SSSR count). The fraction of sp³-hybridized carbons (Fsp3) is 0.250. The molecule has 0 radical (unpaired) electrons. The van der Waals surface area contributed by atoms with Gasteiger partial charge in [0.1, 0.15) is 0 Å². The number of methoxy groups -OCH3 is 1. The van der Waals surface area contributed by atoms with Gasteiger partial charge >= 0.3 is 0 Å². The quantitative estimate of drug-likeness (QED) is 0.748. The predicted octanol–water partition coefficient (Wildman–Crippen LogP) is 3.48. The molecule has 130 valence electrons. The van der Waals surface area contributed by atoms with Gasteiger partial charge in [0.25, 0.3) is 5.91 Å². The lowest BCUT2D eigenvalue weighted by Crippen LogP contribution is -2.25. The van der Waals surface area contributed by atoms with Crippen LogP contribution in [-0.4, -0.2) is 33.7 Å². The van der Waals surface area contributed by atoms with Crippen molar-refractivity contribution in [2.24, 2.45) is 0 Å². The first-order valence-corrected chi connectivity index (χ1v) is 8.19. The molecule has 0 atom stereocenters. The third kappa shape index (κ3) is 3.76. The van der Waals surface area contributed by atoms with E-state index >= 15 is 0 Å². The van der Waals surface area contributed by atoms with Gasteiger partial charge in [0, 0.05) is 31.7 Å². The van der Waals surface area contributed by atoms with Crippen molar-refractivity contribution in [3.05, 3.63) is 59.9 Å². The number of hydrogen-bond acceptors (Lipinski definition) is 4. The molecule has 5 nitrogen and oxygen atoms in total. The van der Waals surface area contributed by atoms with Crippen LogP contribution in [0.4, 0.5) is 5.69 Å². The van der Waals surface area contributed by atoms with E-state index in [1.54, 1.807) is 13.2 Å². The van der Waals surface area contributed by atoms with Crippen molar-refractivity contribution in [1.29, 1.82) is 0 Å². The Morgan fingerprint density at radius 2 is 1.92 bits per heavy atom. The summed E-state index contributed by atoms with van der Waals surface area (Å²) in [6, 6.07) is 15.6. The largest absolute Gasteiger partial charge is 0.493 e. The van der Waals surface area contributed by atoms with Gasteiger partial charge in [-0.3, -0.25) is 4.79 Å². The lowest BCUT2D eigenvalue weighted by Gasteiger charge is -2.12. The Morgan fingerprint density at radius 1 is 1.16 bits per heavy atom. The fourth-order valence-corrected chi connectivity index (χ4v) is 2.68. The summed E-state index contributed by atoms with van der Waals surface area (Å²) in [5, 5.41) is 3.75. The van der Waals surface area contributed by atoms with Crippen molar-refractivity contribution < 1.29 is 13.9 Å². The smallest absolute Gasteiger partial charge is 0.287 e. The third-order valence-corrected chi connectivity index (χ3v) is 4.10. The molecule has 0 aliphatic carbocycles. The van der Waals surface area contributed by atoms with E-state index in [0.29, 0.717) is 23.6 Å². The van der Waals surface area contributed by atoms with Crippen molar-refractivity contribution in [1.82, 2.24) is 5.32 Å². The number of amides is 1. The molecule has 0 saturated carbocycles. The number of fused-ring (bicyclic) bond motifs is 1. The standard InChI is InChI=1S/C20H22N2O3/c1-22(2)16-9-7-14(8-10-16)11-12-21-20(23)18-13-15-5-4-6-17(24-3)19(15)25-18/h4-10,13H,11-12H2,1-3H3,(H,21,23). The van der Waals surface area contributed by atoms with E-state index in [2.05, 4.69) is 34.5 Å². The molecule has 1 heterocycles. The van der Waals surface area contributed by atoms with Crippen LogP contribution in [0, 0.1) is 0 Å². The predicted molar refractivity (Wildman–Crippen MR) is 99.6 cm³/mol. The first-order chi connectivity index (χ1) is 12.1. The molecule has 3 aromatic rings. The number of carbonyl (C=O) groups is 1. The second-order valence-electron chi connectivity index (χ2n) is 6.06. The molecular formula is C20H22N2O3. The molecule has 0 fully saturated rings. The third-order valence-electron chi connectivity index (χ3n) is 4.10. The highest BCUT2D eigenvalue weighted by molar-refractivity contribution is 5.97. The number of rotatable bonds is 6. The van der Waals surface area contributed by atoms with Gasteiger partial charge in [-0.25, -0.2) is 0 Å². The van der Waals surface area contributed by atoms with Gasteiger partial charge in [-0.2, -0.15) is 0 Å². The van der Waals surface area contributed by atoms with E-state index in [1.165, 1.54) is 5.56 Å². The highest BCUT2D eigenvalue weighted by Crippen LogP contribution is 2.28. The molecule has 0 spiro atoms. The Morgan fingerprint density at radius 3 is 2.60 bits per heavy atom. The number of furan rings is 1. The average molecular weight is 338 g/mol. The van der Waals surface area contributed by atoms with Gasteiger partial charge in [0.05, 0.1) is 7.11 Å². The first-order valence-electron chi connectivity index (χ1n) is 8.19. The summed E-state index contributed by atoms with van der Waals surface area (Å²) in [4.78, 5) is 14.4. The van der Waals surface area contributed by atoms with Crippen molar-refractivity contribution in [2.75, 3.05) is 32.6 Å². The Bertz CT molecular complexity index is 866. The zero-order valence-corrected chi connectivity index (χ0v) is 14.7. The van der Waals surface area contributed by atoms with Crippen LogP contribution in [0.3, 0.4) is 0 Å². The summed E-state index contributed by atoms with van der Waals surface area (Å²) in [6.07, 6.45) is 0.767. The van der Waals surface area contributed by atoms with Crippen LogP contribution in [0.2, 0.25) is 0 Å². The van der Waals surface area contributed by atoms with Gasteiger partial charge in [-0.1, -0.05) is 24.3 Å². The van der Waals surface area contributed by atoms with Crippen molar-refractivity contribution >= 4 is 22.6 Å². The molecule has 1 aromatic heterocycles. The zero-order valence-electron chi connectivity index (χ0n) is 14.7. The van der Waals surface area contributed by atoms with E-state index in [4.69, 9.17) is 9.15 Å². The van der Waals surface area contributed by atoms with E-state index in [-0.39, 0.29) is 5.91 Å². The number of nitrogens with zero attached hydrogens (tertiary/aromatic N) is 1. The van der Waals surface area contributed by atoms with E-state index in [0.717, 1.165) is 17.5 Å². The van der Waals surface area contributed by atoms with Gasteiger partial charge in [-0.15, -0.1) is 0 Å². The van der Waals surface area contributed by atoms with Crippen LogP contribution in [-0.2, 0) is 6.42 Å². The molecule has 0 unspecified atom stereocenters. The maximum absolute atomic E-state index is 12.3. The van der Waals surface area contributed by atoms with Crippen molar-refractivity contribution in [2.45, 2.75) is 6.42 Å². The minimum Gasteiger partial charge on any atom is -0.493 e. The normalized spacial score (nSPS) is 10.7. The van der Waals surface area contributed by atoms with Crippen LogP contribution in [0.5, 0.6) is 5.75 Å². The van der Waals surface area contributed by atoms with E-state index in [1.807, 2.05) is 32.3 Å². The molecule has 5 heteroatoms. The minimum atomic E-state index is -0.219. The average Bonchev–Trinajstić information content (AvgIpc) is 3.06. The second-order valence-corrected chi connectivity index (χ2v) is 6.06. The van der Waals surface area contributed by atoms with Gasteiger partial charge < -0.3 is 19.4 Å². The molecule has 0 aliphatic rings. The van der Waals surface area contributed by atoms with Crippen LogP contribution in [0.1, 0.15) is 16.1 Å². The molecular weight excluding hydrogens is 316 g/mol. The Labute approximate surface area is 147 Å². The topological polar surface area (TPSA) is 54.7 Å². The summed E-state index contributed by atoms with van der Waals surface area (Å²) >= 11 is 0. The number of anilines is 1. The summed E-state index contributed by atoms with van der Waals surface area (Å²) in [5.41, 5.74) is 2.93. The monoisotopic (exact) mass is 338 g/mol. The van der Waals surface area contributed by atoms with Gasteiger partial charge in [0.15, 0.2) is 17.1 Å². The Balaban J connectivity index is 1.61. The molecule has 0 saturated heterocycles. The number of benzene rings is 2. The lowest BCUT2D eigenvalue weighted by atomic mass is 10.1. The highest BCUT2D eigenvalue weighted by Gasteiger charge is 2.14. The fourth-order valence-electron chi connectivity index (χ4n) is 2.68. The van der Waals surface area contributed by atoms with E-state index < -0.39 is 0 Å². The molecule has 0 aliphatic heterocycles. The lowest BCUT2D eigenvalue weighted by molar-refractivity contribution is 0.0928. The summed E-state index contributed by atoms with van der Waals surface area (Å²) in [6.45, 7) is 0.550.